The zero-order valence-corrected chi connectivity index (χ0v) is 8.85. The topological polar surface area (TPSA) is 54.4 Å². The summed E-state index contributed by atoms with van der Waals surface area (Å²) in [6, 6.07) is 4.01. The maximum atomic E-state index is 8.47. The van der Waals surface area contributed by atoms with Crippen molar-refractivity contribution in [3.63, 3.8) is 0 Å². The maximum absolute atomic E-state index is 8.47. The summed E-state index contributed by atoms with van der Waals surface area (Å²) in [6.07, 6.45) is 4.64. The second kappa shape index (κ2) is 8.35. The average Bonchev–Trinajstić information content (AvgIpc) is 2.29. The molecule has 0 saturated heterocycles. The minimum atomic E-state index is 0.0929. The van der Waals surface area contributed by atoms with Crippen molar-refractivity contribution in [3.8, 4) is 0 Å². The summed E-state index contributed by atoms with van der Waals surface area (Å²) in [5.74, 6) is 0. The zero-order chi connectivity index (χ0) is 10.8. The molecule has 0 amide bonds. The maximum Gasteiger partial charge on any atom is 0.0698 e. The van der Waals surface area contributed by atoms with Crippen LogP contribution in [0.2, 0.25) is 0 Å². The van der Waals surface area contributed by atoms with Gasteiger partial charge in [-0.1, -0.05) is 6.07 Å². The zero-order valence-electron chi connectivity index (χ0n) is 8.85. The van der Waals surface area contributed by atoms with Gasteiger partial charge in [0, 0.05) is 18.9 Å². The van der Waals surface area contributed by atoms with E-state index < -0.39 is 0 Å². The fourth-order valence-electron chi connectivity index (χ4n) is 1.21. The fraction of sp³-hybridized carbons (Fsp3) is 0.545. The Morgan fingerprint density at radius 2 is 2.27 bits per heavy atom. The molecule has 0 unspecified atom stereocenters. The Morgan fingerprint density at radius 3 is 3.00 bits per heavy atom. The van der Waals surface area contributed by atoms with Crippen molar-refractivity contribution in [1.29, 1.82) is 0 Å². The molecule has 0 bridgehead atoms. The minimum Gasteiger partial charge on any atom is -0.394 e. The standard InChI is InChI=1S/C11H18N2O2/c14-7-9-15-8-6-12-5-3-11-2-1-4-13-10-11/h1-2,4,10,12,14H,3,5-9H2. The van der Waals surface area contributed by atoms with E-state index in [9.17, 15) is 0 Å². The lowest BCUT2D eigenvalue weighted by Crippen LogP contribution is -2.22. The van der Waals surface area contributed by atoms with Crippen molar-refractivity contribution >= 4 is 0 Å². The van der Waals surface area contributed by atoms with Crippen LogP contribution in [-0.4, -0.2) is 43.0 Å². The Morgan fingerprint density at radius 1 is 1.33 bits per heavy atom. The van der Waals surface area contributed by atoms with E-state index in [0.29, 0.717) is 13.2 Å². The second-order valence-corrected chi connectivity index (χ2v) is 3.20. The average molecular weight is 210 g/mol. The molecular formula is C11H18N2O2. The first-order valence-corrected chi connectivity index (χ1v) is 5.21. The SMILES string of the molecule is OCCOCCNCCc1cccnc1. The Bertz CT molecular complexity index is 242. The first-order chi connectivity index (χ1) is 7.43. The van der Waals surface area contributed by atoms with Gasteiger partial charge in [-0.05, 0) is 24.6 Å². The summed E-state index contributed by atoms with van der Waals surface area (Å²) in [5, 5.41) is 11.7. The van der Waals surface area contributed by atoms with Crippen molar-refractivity contribution < 1.29 is 9.84 Å². The highest BCUT2D eigenvalue weighted by Crippen LogP contribution is 1.94. The summed E-state index contributed by atoms with van der Waals surface area (Å²) in [5.41, 5.74) is 1.24. The van der Waals surface area contributed by atoms with Gasteiger partial charge in [0.25, 0.3) is 0 Å². The molecule has 0 radical (unpaired) electrons. The highest BCUT2D eigenvalue weighted by Gasteiger charge is 1.92. The van der Waals surface area contributed by atoms with E-state index in [1.807, 2.05) is 12.3 Å². The molecule has 0 fully saturated rings. The summed E-state index contributed by atoms with van der Waals surface area (Å²) in [6.45, 7) is 2.90. The number of aliphatic hydroxyl groups excluding tert-OH is 1. The van der Waals surface area contributed by atoms with Gasteiger partial charge in [0.05, 0.1) is 19.8 Å². The molecule has 0 atom stereocenters. The fourth-order valence-corrected chi connectivity index (χ4v) is 1.21. The molecule has 1 aromatic rings. The van der Waals surface area contributed by atoms with E-state index in [4.69, 9.17) is 9.84 Å². The van der Waals surface area contributed by atoms with Crippen molar-refractivity contribution in [3.05, 3.63) is 30.1 Å². The van der Waals surface area contributed by atoms with Crippen LogP contribution in [0, 0.1) is 0 Å². The quantitative estimate of drug-likeness (QED) is 0.603. The predicted molar refractivity (Wildman–Crippen MR) is 58.7 cm³/mol. The largest absolute Gasteiger partial charge is 0.394 e. The molecular weight excluding hydrogens is 192 g/mol. The van der Waals surface area contributed by atoms with Crippen LogP contribution in [0.5, 0.6) is 0 Å². The molecule has 0 spiro atoms. The van der Waals surface area contributed by atoms with Crippen LogP contribution in [0.25, 0.3) is 0 Å². The van der Waals surface area contributed by atoms with Gasteiger partial charge in [0.15, 0.2) is 0 Å². The van der Waals surface area contributed by atoms with Gasteiger partial charge in [0.1, 0.15) is 0 Å². The van der Waals surface area contributed by atoms with E-state index in [0.717, 1.165) is 19.5 Å². The summed E-state index contributed by atoms with van der Waals surface area (Å²) in [7, 11) is 0. The number of pyridine rings is 1. The highest BCUT2D eigenvalue weighted by atomic mass is 16.5. The van der Waals surface area contributed by atoms with Gasteiger partial charge in [-0.2, -0.15) is 0 Å². The number of rotatable bonds is 8. The molecule has 15 heavy (non-hydrogen) atoms. The normalized spacial score (nSPS) is 10.5. The summed E-state index contributed by atoms with van der Waals surface area (Å²) < 4.78 is 5.11. The number of nitrogens with one attached hydrogen (secondary N) is 1. The molecule has 0 aliphatic heterocycles. The first-order valence-electron chi connectivity index (χ1n) is 5.21. The number of aromatic nitrogens is 1. The molecule has 0 saturated carbocycles. The van der Waals surface area contributed by atoms with E-state index in [-0.39, 0.29) is 6.61 Å². The number of nitrogens with zero attached hydrogens (tertiary/aromatic N) is 1. The van der Waals surface area contributed by atoms with Crippen molar-refractivity contribution in [2.75, 3.05) is 32.9 Å². The van der Waals surface area contributed by atoms with E-state index in [1.165, 1.54) is 5.56 Å². The predicted octanol–water partition coefficient (Wildman–Crippen LogP) is 0.223. The van der Waals surface area contributed by atoms with Crippen molar-refractivity contribution in [2.45, 2.75) is 6.42 Å². The van der Waals surface area contributed by atoms with Gasteiger partial charge in [0.2, 0.25) is 0 Å². The molecule has 0 aromatic carbocycles. The van der Waals surface area contributed by atoms with Crippen LogP contribution in [0.3, 0.4) is 0 Å². The van der Waals surface area contributed by atoms with E-state index in [1.54, 1.807) is 6.20 Å². The van der Waals surface area contributed by atoms with Crippen LogP contribution in [0.4, 0.5) is 0 Å². The Balaban J connectivity index is 1.93. The molecule has 2 N–H and O–H groups in total. The number of ether oxygens (including phenoxy) is 1. The van der Waals surface area contributed by atoms with Crippen LogP contribution in [0.15, 0.2) is 24.5 Å². The lowest BCUT2D eigenvalue weighted by Gasteiger charge is -2.04. The third kappa shape index (κ3) is 6.17. The number of hydrogen-bond donors (Lipinski definition) is 2. The Labute approximate surface area is 90.3 Å². The van der Waals surface area contributed by atoms with Crippen LogP contribution in [0.1, 0.15) is 5.56 Å². The molecule has 1 heterocycles. The number of aliphatic hydroxyl groups is 1. The lowest BCUT2D eigenvalue weighted by molar-refractivity contribution is 0.0940. The van der Waals surface area contributed by atoms with Crippen LogP contribution < -0.4 is 5.32 Å². The second-order valence-electron chi connectivity index (χ2n) is 3.20. The Kier molecular flexibility index (Phi) is 6.73. The van der Waals surface area contributed by atoms with Gasteiger partial charge < -0.3 is 15.2 Å². The van der Waals surface area contributed by atoms with Gasteiger partial charge in [-0.25, -0.2) is 0 Å². The Hall–Kier alpha value is -0.970. The molecule has 84 valence electrons. The highest BCUT2D eigenvalue weighted by molar-refractivity contribution is 5.08. The van der Waals surface area contributed by atoms with E-state index >= 15 is 0 Å². The van der Waals surface area contributed by atoms with Crippen LogP contribution in [-0.2, 0) is 11.2 Å². The van der Waals surface area contributed by atoms with Gasteiger partial charge >= 0.3 is 0 Å². The number of hydrogen-bond acceptors (Lipinski definition) is 4. The molecule has 4 nitrogen and oxygen atoms in total. The van der Waals surface area contributed by atoms with Gasteiger partial charge in [-0.3, -0.25) is 4.98 Å². The third-order valence-electron chi connectivity index (χ3n) is 1.97. The molecule has 0 aliphatic rings. The molecule has 1 aromatic heterocycles. The third-order valence-corrected chi connectivity index (χ3v) is 1.97. The smallest absolute Gasteiger partial charge is 0.0698 e. The van der Waals surface area contributed by atoms with Gasteiger partial charge in [-0.15, -0.1) is 0 Å². The molecule has 1 rings (SSSR count). The van der Waals surface area contributed by atoms with E-state index in [2.05, 4.69) is 16.4 Å². The van der Waals surface area contributed by atoms with Crippen LogP contribution >= 0.6 is 0 Å². The minimum absolute atomic E-state index is 0.0929. The van der Waals surface area contributed by atoms with Crippen molar-refractivity contribution in [1.82, 2.24) is 10.3 Å². The molecule has 4 heteroatoms. The lowest BCUT2D eigenvalue weighted by atomic mass is 10.2. The summed E-state index contributed by atoms with van der Waals surface area (Å²) in [4.78, 5) is 4.04. The summed E-state index contributed by atoms with van der Waals surface area (Å²) >= 11 is 0. The van der Waals surface area contributed by atoms with Crippen molar-refractivity contribution in [2.24, 2.45) is 0 Å². The molecule has 0 aliphatic carbocycles. The first kappa shape index (κ1) is 12.1. The monoisotopic (exact) mass is 210 g/mol.